The van der Waals surface area contributed by atoms with E-state index in [2.05, 4.69) is 9.88 Å². The molecule has 0 amide bonds. The largest absolute Gasteiger partial charge is 0.506 e. The minimum absolute atomic E-state index is 0.409. The van der Waals surface area contributed by atoms with Crippen LogP contribution in [0, 0.1) is 0 Å². The number of pyridine rings is 1. The lowest BCUT2D eigenvalue weighted by atomic mass is 10.00. The number of aromatic carboxylic acids is 1. The van der Waals surface area contributed by atoms with Gasteiger partial charge in [-0.1, -0.05) is 19.1 Å². The summed E-state index contributed by atoms with van der Waals surface area (Å²) in [5.74, 6) is -1.89. The normalized spacial score (nSPS) is 13.7. The van der Waals surface area contributed by atoms with Gasteiger partial charge in [-0.05, 0) is 30.5 Å². The number of carbonyl (C=O) groups is 1. The Kier molecular flexibility index (Phi) is 3.82. The van der Waals surface area contributed by atoms with Gasteiger partial charge in [0.05, 0.1) is 5.69 Å². The fraction of sp³-hybridized carbons (Fsp3) is 0.294. The molecule has 6 heteroatoms. The van der Waals surface area contributed by atoms with Crippen LogP contribution in [-0.4, -0.2) is 34.3 Å². The Hall–Kier alpha value is -2.76. The number of H-pyrrole nitrogens is 1. The first-order valence-corrected chi connectivity index (χ1v) is 7.59. The molecule has 1 fully saturated rings. The SMILES string of the molecule is CCc1c(-c2ccc(N3CCC3)cc2)[nH]c(=O)c(C(=O)O)c1O. The third-order valence-corrected chi connectivity index (χ3v) is 4.23. The van der Waals surface area contributed by atoms with Gasteiger partial charge in [-0.3, -0.25) is 4.79 Å². The molecule has 1 aromatic carbocycles. The molecule has 0 atom stereocenters. The molecule has 1 saturated heterocycles. The first-order valence-electron chi connectivity index (χ1n) is 7.59. The zero-order valence-electron chi connectivity index (χ0n) is 12.8. The molecule has 1 aliphatic heterocycles. The van der Waals surface area contributed by atoms with Crippen molar-refractivity contribution in [3.63, 3.8) is 0 Å². The second-order valence-corrected chi connectivity index (χ2v) is 5.58. The number of anilines is 1. The van der Waals surface area contributed by atoms with Crippen molar-refractivity contribution in [3.8, 4) is 17.0 Å². The standard InChI is InChI=1S/C17H18N2O4/c1-2-12-14(18-16(21)13(15(12)20)17(22)23)10-4-6-11(7-5-10)19-8-3-9-19/h4-7H,2-3,8-9H2,1H3,(H,22,23)(H2,18,20,21). The number of benzene rings is 1. The predicted octanol–water partition coefficient (Wildman–Crippen LogP) is 2.22. The molecule has 0 saturated carbocycles. The van der Waals surface area contributed by atoms with Gasteiger partial charge in [-0.25, -0.2) is 4.79 Å². The highest BCUT2D eigenvalue weighted by atomic mass is 16.4. The van der Waals surface area contributed by atoms with E-state index in [9.17, 15) is 14.7 Å². The first kappa shape index (κ1) is 15.1. The van der Waals surface area contributed by atoms with Crippen LogP contribution in [0.3, 0.4) is 0 Å². The Balaban J connectivity index is 2.08. The third kappa shape index (κ3) is 2.56. The minimum Gasteiger partial charge on any atom is -0.506 e. The number of nitrogens with zero attached hydrogens (tertiary/aromatic N) is 1. The Morgan fingerprint density at radius 1 is 1.26 bits per heavy atom. The molecule has 1 aromatic heterocycles. The predicted molar refractivity (Wildman–Crippen MR) is 87.3 cm³/mol. The number of aromatic nitrogens is 1. The molecular formula is C17H18N2O4. The highest BCUT2D eigenvalue weighted by Gasteiger charge is 2.22. The molecule has 120 valence electrons. The molecule has 23 heavy (non-hydrogen) atoms. The van der Waals surface area contributed by atoms with Gasteiger partial charge in [-0.15, -0.1) is 0 Å². The molecule has 0 aliphatic carbocycles. The topological polar surface area (TPSA) is 93.6 Å². The molecule has 1 aliphatic rings. The summed E-state index contributed by atoms with van der Waals surface area (Å²) in [6.45, 7) is 3.89. The maximum absolute atomic E-state index is 12.0. The number of aromatic amines is 1. The molecule has 0 unspecified atom stereocenters. The summed E-state index contributed by atoms with van der Waals surface area (Å²) < 4.78 is 0. The van der Waals surface area contributed by atoms with Crippen LogP contribution in [0.15, 0.2) is 29.1 Å². The molecule has 3 N–H and O–H groups in total. The quantitative estimate of drug-likeness (QED) is 0.804. The molecule has 0 bridgehead atoms. The van der Waals surface area contributed by atoms with E-state index in [-0.39, 0.29) is 0 Å². The molecule has 6 nitrogen and oxygen atoms in total. The molecule has 2 aromatic rings. The van der Waals surface area contributed by atoms with E-state index in [0.717, 1.165) is 24.3 Å². The summed E-state index contributed by atoms with van der Waals surface area (Å²) in [6, 6.07) is 7.68. The number of hydrogen-bond donors (Lipinski definition) is 3. The van der Waals surface area contributed by atoms with E-state index in [1.165, 1.54) is 6.42 Å². The van der Waals surface area contributed by atoms with Gasteiger partial charge in [0.15, 0.2) is 5.56 Å². The number of hydrogen-bond acceptors (Lipinski definition) is 4. The fourth-order valence-electron chi connectivity index (χ4n) is 2.83. The maximum atomic E-state index is 12.0. The van der Waals surface area contributed by atoms with Gasteiger partial charge in [-0.2, -0.15) is 0 Å². The average molecular weight is 314 g/mol. The fourth-order valence-corrected chi connectivity index (χ4v) is 2.83. The van der Waals surface area contributed by atoms with Crippen molar-refractivity contribution in [1.82, 2.24) is 4.98 Å². The van der Waals surface area contributed by atoms with E-state index >= 15 is 0 Å². The van der Waals surface area contributed by atoms with Gasteiger partial charge >= 0.3 is 5.97 Å². The van der Waals surface area contributed by atoms with Crippen molar-refractivity contribution in [2.45, 2.75) is 19.8 Å². The number of rotatable bonds is 4. The van der Waals surface area contributed by atoms with Gasteiger partial charge in [0, 0.05) is 24.3 Å². The van der Waals surface area contributed by atoms with Crippen LogP contribution in [-0.2, 0) is 6.42 Å². The number of carboxylic acids is 1. The number of nitrogens with one attached hydrogen (secondary N) is 1. The Bertz CT molecular complexity index is 805. The van der Waals surface area contributed by atoms with E-state index in [1.54, 1.807) is 6.92 Å². The lowest BCUT2D eigenvalue weighted by molar-refractivity contribution is 0.0691. The van der Waals surface area contributed by atoms with Crippen molar-refractivity contribution in [3.05, 3.63) is 45.7 Å². The zero-order chi connectivity index (χ0) is 16.6. The van der Waals surface area contributed by atoms with Crippen LogP contribution in [0.5, 0.6) is 5.75 Å². The Morgan fingerprint density at radius 3 is 2.39 bits per heavy atom. The molecule has 3 rings (SSSR count). The molecule has 0 spiro atoms. The maximum Gasteiger partial charge on any atom is 0.345 e. The summed E-state index contributed by atoms with van der Waals surface area (Å²) in [5.41, 5.74) is 1.35. The summed E-state index contributed by atoms with van der Waals surface area (Å²) in [5, 5.41) is 19.2. The molecule has 2 heterocycles. The van der Waals surface area contributed by atoms with E-state index < -0.39 is 22.8 Å². The van der Waals surface area contributed by atoms with Crippen LogP contribution in [0.2, 0.25) is 0 Å². The van der Waals surface area contributed by atoms with E-state index in [1.807, 2.05) is 24.3 Å². The van der Waals surface area contributed by atoms with Crippen LogP contribution in [0.4, 0.5) is 5.69 Å². The van der Waals surface area contributed by atoms with Crippen LogP contribution >= 0.6 is 0 Å². The van der Waals surface area contributed by atoms with Crippen molar-refractivity contribution in [2.75, 3.05) is 18.0 Å². The summed E-state index contributed by atoms with van der Waals surface area (Å²) >= 11 is 0. The van der Waals surface area contributed by atoms with Crippen molar-refractivity contribution in [1.29, 1.82) is 0 Å². The Morgan fingerprint density at radius 2 is 1.91 bits per heavy atom. The number of aromatic hydroxyl groups is 1. The van der Waals surface area contributed by atoms with Crippen molar-refractivity contribution in [2.24, 2.45) is 0 Å². The monoisotopic (exact) mass is 314 g/mol. The van der Waals surface area contributed by atoms with Crippen molar-refractivity contribution < 1.29 is 15.0 Å². The van der Waals surface area contributed by atoms with Gasteiger partial charge < -0.3 is 20.1 Å². The minimum atomic E-state index is -1.43. The second kappa shape index (κ2) is 5.79. The third-order valence-electron chi connectivity index (χ3n) is 4.23. The van der Waals surface area contributed by atoms with Gasteiger partial charge in [0.1, 0.15) is 5.75 Å². The van der Waals surface area contributed by atoms with E-state index in [4.69, 9.17) is 5.11 Å². The molecular weight excluding hydrogens is 296 g/mol. The lowest BCUT2D eigenvalue weighted by Gasteiger charge is -2.33. The molecule has 0 radical (unpaired) electrons. The van der Waals surface area contributed by atoms with Gasteiger partial charge in [0.25, 0.3) is 5.56 Å². The zero-order valence-corrected chi connectivity index (χ0v) is 12.8. The van der Waals surface area contributed by atoms with Gasteiger partial charge in [0.2, 0.25) is 0 Å². The Labute approximate surface area is 133 Å². The van der Waals surface area contributed by atoms with Crippen LogP contribution in [0.25, 0.3) is 11.3 Å². The summed E-state index contributed by atoms with van der Waals surface area (Å²) in [6.07, 6.45) is 1.60. The lowest BCUT2D eigenvalue weighted by Crippen LogP contribution is -2.36. The highest BCUT2D eigenvalue weighted by Crippen LogP contribution is 2.31. The smallest absolute Gasteiger partial charge is 0.345 e. The van der Waals surface area contributed by atoms with Crippen molar-refractivity contribution >= 4 is 11.7 Å². The second-order valence-electron chi connectivity index (χ2n) is 5.58. The first-order chi connectivity index (χ1) is 11.0. The summed E-state index contributed by atoms with van der Waals surface area (Å²) in [4.78, 5) is 28.0. The van der Waals surface area contributed by atoms with Crippen LogP contribution < -0.4 is 10.5 Å². The number of carboxylic acid groups (broad SMARTS) is 1. The van der Waals surface area contributed by atoms with Crippen LogP contribution in [0.1, 0.15) is 29.3 Å². The summed E-state index contributed by atoms with van der Waals surface area (Å²) in [7, 11) is 0. The average Bonchev–Trinajstić information content (AvgIpc) is 2.45. The highest BCUT2D eigenvalue weighted by molar-refractivity contribution is 5.92. The van der Waals surface area contributed by atoms with E-state index in [0.29, 0.717) is 17.7 Å².